The molecule has 0 aliphatic carbocycles. The zero-order chi connectivity index (χ0) is 21.4. The zero-order valence-electron chi connectivity index (χ0n) is 16.4. The van der Waals surface area contributed by atoms with Gasteiger partial charge in [0.25, 0.3) is 0 Å². The van der Waals surface area contributed by atoms with E-state index in [-0.39, 0.29) is 24.4 Å². The van der Waals surface area contributed by atoms with Gasteiger partial charge in [0.1, 0.15) is 0 Å². The molecule has 0 spiro atoms. The monoisotopic (exact) mass is 392 g/mol. The molecule has 0 saturated heterocycles. The Hall–Kier alpha value is -4.02. The molecule has 1 unspecified atom stereocenters. The standard InChI is InChI=1S/C26H20N2O2/c27-18-26(19-28,17-25(30)22-14-8-3-9-15-22)23(20-10-4-1-5-11-20)16-24(29)21-12-6-2-7-13-21/h1-15,23H,16-17H2. The van der Waals surface area contributed by atoms with Crippen molar-refractivity contribution < 1.29 is 9.59 Å². The lowest BCUT2D eigenvalue weighted by atomic mass is 9.68. The number of nitrogens with zero attached hydrogens (tertiary/aromatic N) is 2. The fourth-order valence-corrected chi connectivity index (χ4v) is 3.55. The molecule has 4 nitrogen and oxygen atoms in total. The Morgan fingerprint density at radius 1 is 0.700 bits per heavy atom. The lowest BCUT2D eigenvalue weighted by Gasteiger charge is -2.29. The van der Waals surface area contributed by atoms with Crippen LogP contribution in [0.15, 0.2) is 91.0 Å². The Balaban J connectivity index is 2.00. The molecule has 0 radical (unpaired) electrons. The van der Waals surface area contributed by atoms with Crippen LogP contribution in [0.25, 0.3) is 0 Å². The number of hydrogen-bond donors (Lipinski definition) is 0. The van der Waals surface area contributed by atoms with Crippen molar-refractivity contribution in [2.75, 3.05) is 0 Å². The molecule has 1 atom stereocenters. The number of ketones is 2. The number of nitriles is 2. The zero-order valence-corrected chi connectivity index (χ0v) is 16.4. The van der Waals surface area contributed by atoms with E-state index in [1.165, 1.54) is 0 Å². The first-order chi connectivity index (χ1) is 14.6. The summed E-state index contributed by atoms with van der Waals surface area (Å²) in [5.74, 6) is -1.22. The summed E-state index contributed by atoms with van der Waals surface area (Å²) in [6, 6.07) is 30.6. The molecule has 0 amide bonds. The van der Waals surface area contributed by atoms with E-state index in [1.54, 1.807) is 78.9 Å². The lowest BCUT2D eigenvalue weighted by molar-refractivity contribution is 0.0910. The molecular formula is C26H20N2O2. The van der Waals surface area contributed by atoms with Gasteiger partial charge in [0.15, 0.2) is 17.0 Å². The van der Waals surface area contributed by atoms with E-state index in [4.69, 9.17) is 0 Å². The molecular weight excluding hydrogens is 372 g/mol. The number of rotatable bonds is 8. The van der Waals surface area contributed by atoms with Crippen LogP contribution in [-0.4, -0.2) is 11.6 Å². The van der Waals surface area contributed by atoms with Crippen molar-refractivity contribution in [1.82, 2.24) is 0 Å². The molecule has 0 heterocycles. The molecule has 0 N–H and O–H groups in total. The van der Waals surface area contributed by atoms with Crippen LogP contribution in [-0.2, 0) is 0 Å². The molecule has 4 heteroatoms. The highest BCUT2D eigenvalue weighted by atomic mass is 16.1. The Bertz CT molecular complexity index is 1080. The van der Waals surface area contributed by atoms with Gasteiger partial charge in [0.2, 0.25) is 0 Å². The minimum absolute atomic E-state index is 0.0444. The Morgan fingerprint density at radius 3 is 1.60 bits per heavy atom. The van der Waals surface area contributed by atoms with E-state index < -0.39 is 11.3 Å². The third-order valence-electron chi connectivity index (χ3n) is 5.22. The Kier molecular flexibility index (Phi) is 6.53. The van der Waals surface area contributed by atoms with Crippen LogP contribution < -0.4 is 0 Å². The first-order valence-electron chi connectivity index (χ1n) is 9.63. The normalized spacial score (nSPS) is 11.7. The highest BCUT2D eigenvalue weighted by Gasteiger charge is 2.43. The van der Waals surface area contributed by atoms with Crippen LogP contribution in [0.1, 0.15) is 45.0 Å². The number of Topliss-reactive ketones (excluding diaryl/α,β-unsaturated/α-hetero) is 2. The number of hydrogen-bond acceptors (Lipinski definition) is 4. The van der Waals surface area contributed by atoms with E-state index in [9.17, 15) is 20.1 Å². The van der Waals surface area contributed by atoms with E-state index in [1.807, 2.05) is 12.1 Å². The van der Waals surface area contributed by atoms with Crippen LogP contribution in [0.5, 0.6) is 0 Å². The summed E-state index contributed by atoms with van der Waals surface area (Å²) in [4.78, 5) is 25.8. The number of carbonyl (C=O) groups is 2. The van der Waals surface area contributed by atoms with Crippen molar-refractivity contribution in [3.8, 4) is 12.1 Å². The summed E-state index contributed by atoms with van der Waals surface area (Å²) in [5, 5.41) is 20.1. The average Bonchev–Trinajstić information content (AvgIpc) is 2.82. The van der Waals surface area contributed by atoms with Gasteiger partial charge in [0.05, 0.1) is 12.1 Å². The first-order valence-corrected chi connectivity index (χ1v) is 9.63. The second-order valence-electron chi connectivity index (χ2n) is 7.12. The highest BCUT2D eigenvalue weighted by Crippen LogP contribution is 2.42. The van der Waals surface area contributed by atoms with Crippen LogP contribution in [0, 0.1) is 28.1 Å². The summed E-state index contributed by atoms with van der Waals surface area (Å²) in [6.07, 6.45) is -0.330. The second-order valence-corrected chi connectivity index (χ2v) is 7.12. The third kappa shape index (κ3) is 4.51. The Morgan fingerprint density at radius 2 is 1.13 bits per heavy atom. The molecule has 0 fully saturated rings. The van der Waals surface area contributed by atoms with Crippen LogP contribution in [0.2, 0.25) is 0 Å². The second kappa shape index (κ2) is 9.45. The fraction of sp³-hybridized carbons (Fsp3) is 0.154. The van der Waals surface area contributed by atoms with Crippen LogP contribution in [0.3, 0.4) is 0 Å². The van der Waals surface area contributed by atoms with Crippen molar-refractivity contribution in [3.63, 3.8) is 0 Å². The molecule has 146 valence electrons. The summed E-state index contributed by atoms with van der Waals surface area (Å²) < 4.78 is 0. The van der Waals surface area contributed by atoms with E-state index in [0.717, 1.165) is 0 Å². The summed E-state index contributed by atoms with van der Waals surface area (Å²) in [6.45, 7) is 0. The van der Waals surface area contributed by atoms with Gasteiger partial charge in [0, 0.05) is 29.9 Å². The molecule has 3 aromatic carbocycles. The van der Waals surface area contributed by atoms with E-state index >= 15 is 0 Å². The van der Waals surface area contributed by atoms with Crippen LogP contribution in [0.4, 0.5) is 0 Å². The van der Waals surface area contributed by atoms with Crippen molar-refractivity contribution in [2.24, 2.45) is 5.41 Å². The largest absolute Gasteiger partial charge is 0.294 e. The maximum absolute atomic E-state index is 13.0. The first kappa shape index (κ1) is 20.7. The fourth-order valence-electron chi connectivity index (χ4n) is 3.55. The molecule has 3 rings (SSSR count). The Labute approximate surface area is 176 Å². The van der Waals surface area contributed by atoms with Gasteiger partial charge in [-0.3, -0.25) is 9.59 Å². The van der Waals surface area contributed by atoms with Gasteiger partial charge >= 0.3 is 0 Å². The molecule has 3 aromatic rings. The molecule has 0 bridgehead atoms. The molecule has 0 aliphatic rings. The van der Waals surface area contributed by atoms with Gasteiger partial charge < -0.3 is 0 Å². The summed E-state index contributed by atoms with van der Waals surface area (Å²) in [5.41, 5.74) is -0.0319. The van der Waals surface area contributed by atoms with Crippen molar-refractivity contribution >= 4 is 11.6 Å². The third-order valence-corrected chi connectivity index (χ3v) is 5.22. The van der Waals surface area contributed by atoms with Crippen LogP contribution >= 0.6 is 0 Å². The van der Waals surface area contributed by atoms with E-state index in [2.05, 4.69) is 12.1 Å². The quantitative estimate of drug-likeness (QED) is 0.484. The summed E-state index contributed by atoms with van der Waals surface area (Å²) in [7, 11) is 0. The minimum atomic E-state index is -1.67. The van der Waals surface area contributed by atoms with Gasteiger partial charge in [-0.15, -0.1) is 0 Å². The topological polar surface area (TPSA) is 81.7 Å². The van der Waals surface area contributed by atoms with E-state index in [0.29, 0.717) is 16.7 Å². The highest BCUT2D eigenvalue weighted by molar-refractivity contribution is 5.98. The summed E-state index contributed by atoms with van der Waals surface area (Å²) >= 11 is 0. The molecule has 0 saturated carbocycles. The predicted molar refractivity (Wildman–Crippen MR) is 114 cm³/mol. The maximum Gasteiger partial charge on any atom is 0.165 e. The van der Waals surface area contributed by atoms with Gasteiger partial charge in [-0.2, -0.15) is 10.5 Å². The van der Waals surface area contributed by atoms with Gasteiger partial charge in [-0.25, -0.2) is 0 Å². The minimum Gasteiger partial charge on any atom is -0.294 e. The van der Waals surface area contributed by atoms with Crippen molar-refractivity contribution in [2.45, 2.75) is 18.8 Å². The smallest absolute Gasteiger partial charge is 0.165 e. The van der Waals surface area contributed by atoms with Crippen molar-refractivity contribution in [1.29, 1.82) is 10.5 Å². The molecule has 30 heavy (non-hydrogen) atoms. The van der Waals surface area contributed by atoms with Crippen molar-refractivity contribution in [3.05, 3.63) is 108 Å². The number of benzene rings is 3. The molecule has 0 aliphatic heterocycles. The average molecular weight is 392 g/mol. The van der Waals surface area contributed by atoms with Gasteiger partial charge in [-0.1, -0.05) is 91.0 Å². The van der Waals surface area contributed by atoms with Gasteiger partial charge in [-0.05, 0) is 5.56 Å². The maximum atomic E-state index is 13.0. The molecule has 0 aromatic heterocycles. The lowest BCUT2D eigenvalue weighted by Crippen LogP contribution is -2.31. The predicted octanol–water partition coefficient (Wildman–Crippen LogP) is 5.35. The number of carbonyl (C=O) groups excluding carboxylic acids is 2. The SMILES string of the molecule is N#CC(C#N)(CC(=O)c1ccccc1)C(CC(=O)c1ccccc1)c1ccccc1.